The highest BCUT2D eigenvalue weighted by Crippen LogP contribution is 2.23. The van der Waals surface area contributed by atoms with Crippen LogP contribution in [0.1, 0.15) is 117 Å². The highest BCUT2D eigenvalue weighted by atomic mass is 15.1. The molecule has 0 aliphatic heterocycles. The molecule has 194 valence electrons. The van der Waals surface area contributed by atoms with Gasteiger partial charge in [-0.05, 0) is 49.2 Å². The summed E-state index contributed by atoms with van der Waals surface area (Å²) in [5, 5.41) is 8.77. The molecule has 0 unspecified atom stereocenters. The second-order valence-corrected chi connectivity index (χ2v) is 9.99. The minimum Gasteiger partial charge on any atom is -0.372 e. The van der Waals surface area contributed by atoms with Gasteiger partial charge in [-0.2, -0.15) is 10.2 Å². The summed E-state index contributed by atoms with van der Waals surface area (Å²) in [7, 11) is 0. The molecule has 0 atom stereocenters. The van der Waals surface area contributed by atoms with E-state index in [2.05, 4.69) is 53.2 Å². The second kappa shape index (κ2) is 20.1. The van der Waals surface area contributed by atoms with Gasteiger partial charge in [0, 0.05) is 18.8 Å². The smallest absolute Gasteiger partial charge is 0.0858 e. The monoisotopic (exact) mass is 477 g/mol. The van der Waals surface area contributed by atoms with E-state index in [0.29, 0.717) is 0 Å². The Balaban J connectivity index is 1.80. The molecule has 2 aromatic rings. The lowest BCUT2D eigenvalue weighted by molar-refractivity contribution is 0.555. The van der Waals surface area contributed by atoms with Gasteiger partial charge < -0.3 is 4.90 Å². The van der Waals surface area contributed by atoms with Crippen molar-refractivity contribution in [3.05, 3.63) is 54.6 Å². The van der Waals surface area contributed by atoms with Gasteiger partial charge in [-0.25, -0.2) is 0 Å². The highest BCUT2D eigenvalue weighted by molar-refractivity contribution is 5.53. The Morgan fingerprint density at radius 1 is 0.457 bits per heavy atom. The summed E-state index contributed by atoms with van der Waals surface area (Å²) >= 11 is 0. The van der Waals surface area contributed by atoms with Crippen LogP contribution in [0.25, 0.3) is 0 Å². The fourth-order valence-electron chi connectivity index (χ4n) is 4.58. The molecule has 0 heterocycles. The Hall–Kier alpha value is -2.16. The lowest BCUT2D eigenvalue weighted by atomic mass is 10.1. The third kappa shape index (κ3) is 14.1. The Morgan fingerprint density at radius 2 is 0.857 bits per heavy atom. The van der Waals surface area contributed by atoms with Crippen LogP contribution >= 0.6 is 0 Å². The van der Waals surface area contributed by atoms with Gasteiger partial charge >= 0.3 is 0 Å². The van der Waals surface area contributed by atoms with E-state index in [9.17, 15) is 0 Å². The van der Waals surface area contributed by atoms with Gasteiger partial charge in [0.05, 0.1) is 11.4 Å². The van der Waals surface area contributed by atoms with Crippen LogP contribution in [0.2, 0.25) is 0 Å². The highest BCUT2D eigenvalue weighted by Gasteiger charge is 2.07. The number of anilines is 1. The van der Waals surface area contributed by atoms with Crippen molar-refractivity contribution in [3.8, 4) is 0 Å². The molecule has 2 rings (SSSR count). The summed E-state index contributed by atoms with van der Waals surface area (Å²) in [6.07, 6.45) is 22.0. The largest absolute Gasteiger partial charge is 0.372 e. The van der Waals surface area contributed by atoms with Crippen molar-refractivity contribution >= 4 is 17.1 Å². The van der Waals surface area contributed by atoms with Crippen molar-refractivity contribution in [1.29, 1.82) is 0 Å². The van der Waals surface area contributed by atoms with E-state index in [-0.39, 0.29) is 0 Å². The van der Waals surface area contributed by atoms with E-state index in [1.54, 1.807) is 0 Å². The Labute approximate surface area is 216 Å². The number of rotatable bonds is 21. The first-order chi connectivity index (χ1) is 17.3. The summed E-state index contributed by atoms with van der Waals surface area (Å²) in [6, 6.07) is 18.6. The Bertz CT molecular complexity index is 734. The van der Waals surface area contributed by atoms with Crippen LogP contribution < -0.4 is 4.90 Å². The molecule has 0 saturated heterocycles. The van der Waals surface area contributed by atoms with E-state index < -0.39 is 0 Å². The normalized spacial score (nSPS) is 11.4. The lowest BCUT2D eigenvalue weighted by Gasteiger charge is -2.25. The fraction of sp³-hybridized carbons (Fsp3) is 0.625. The van der Waals surface area contributed by atoms with Crippen LogP contribution in [-0.4, -0.2) is 13.1 Å². The fourth-order valence-corrected chi connectivity index (χ4v) is 4.58. The topological polar surface area (TPSA) is 28.0 Å². The van der Waals surface area contributed by atoms with Crippen molar-refractivity contribution in [2.24, 2.45) is 10.2 Å². The van der Waals surface area contributed by atoms with Crippen molar-refractivity contribution in [2.75, 3.05) is 18.0 Å². The Morgan fingerprint density at radius 3 is 1.31 bits per heavy atom. The molecule has 2 aromatic carbocycles. The van der Waals surface area contributed by atoms with E-state index >= 15 is 0 Å². The Kier molecular flexibility index (Phi) is 16.7. The van der Waals surface area contributed by atoms with Gasteiger partial charge in [0.25, 0.3) is 0 Å². The van der Waals surface area contributed by atoms with Gasteiger partial charge in [-0.3, -0.25) is 0 Å². The standard InChI is InChI=1S/C32H51N3/c1-3-5-7-9-11-13-15-20-28-35(29-21-16-14-12-10-8-6-4-2)32-26-24-31(25-27-32)34-33-30-22-18-17-19-23-30/h17-19,22-27H,3-16,20-21,28-29H2,1-2H3/b34-33+. The third-order valence-corrected chi connectivity index (χ3v) is 6.82. The zero-order valence-corrected chi connectivity index (χ0v) is 22.8. The molecule has 3 heteroatoms. The number of azo groups is 1. The van der Waals surface area contributed by atoms with E-state index in [0.717, 1.165) is 24.5 Å². The molecular formula is C32H51N3. The number of benzene rings is 2. The average molecular weight is 478 g/mol. The molecular weight excluding hydrogens is 426 g/mol. The maximum Gasteiger partial charge on any atom is 0.0858 e. The van der Waals surface area contributed by atoms with Crippen LogP contribution in [0.5, 0.6) is 0 Å². The summed E-state index contributed by atoms with van der Waals surface area (Å²) in [5.41, 5.74) is 3.13. The molecule has 0 spiro atoms. The zero-order chi connectivity index (χ0) is 24.8. The van der Waals surface area contributed by atoms with E-state index in [1.165, 1.54) is 108 Å². The van der Waals surface area contributed by atoms with Crippen molar-refractivity contribution in [2.45, 2.75) is 117 Å². The second-order valence-electron chi connectivity index (χ2n) is 9.99. The summed E-state index contributed by atoms with van der Waals surface area (Å²) in [6.45, 7) is 6.91. The van der Waals surface area contributed by atoms with Crippen LogP contribution in [0, 0.1) is 0 Å². The molecule has 0 aliphatic carbocycles. The molecule has 0 aromatic heterocycles. The molecule has 0 saturated carbocycles. The van der Waals surface area contributed by atoms with Crippen LogP contribution in [-0.2, 0) is 0 Å². The quantitative estimate of drug-likeness (QED) is 0.130. The van der Waals surface area contributed by atoms with Crippen molar-refractivity contribution in [1.82, 2.24) is 0 Å². The summed E-state index contributed by atoms with van der Waals surface area (Å²) in [4.78, 5) is 2.60. The van der Waals surface area contributed by atoms with Crippen LogP contribution in [0.3, 0.4) is 0 Å². The van der Waals surface area contributed by atoms with Gasteiger partial charge in [-0.1, -0.05) is 122 Å². The summed E-state index contributed by atoms with van der Waals surface area (Å²) < 4.78 is 0. The summed E-state index contributed by atoms with van der Waals surface area (Å²) in [5.74, 6) is 0. The zero-order valence-electron chi connectivity index (χ0n) is 22.8. The first kappa shape index (κ1) is 29.1. The predicted molar refractivity (Wildman–Crippen MR) is 154 cm³/mol. The van der Waals surface area contributed by atoms with Gasteiger partial charge in [0.1, 0.15) is 0 Å². The molecule has 0 fully saturated rings. The first-order valence-corrected chi connectivity index (χ1v) is 14.6. The lowest BCUT2D eigenvalue weighted by Crippen LogP contribution is -2.25. The average Bonchev–Trinajstić information content (AvgIpc) is 2.90. The number of hydrogen-bond donors (Lipinski definition) is 0. The molecule has 0 amide bonds. The predicted octanol–water partition coefficient (Wildman–Crippen LogP) is 11.2. The maximum atomic E-state index is 4.42. The molecule has 0 aliphatic rings. The number of nitrogens with zero attached hydrogens (tertiary/aromatic N) is 3. The van der Waals surface area contributed by atoms with E-state index in [4.69, 9.17) is 0 Å². The molecule has 3 nitrogen and oxygen atoms in total. The van der Waals surface area contributed by atoms with Gasteiger partial charge in [0.2, 0.25) is 0 Å². The molecule has 35 heavy (non-hydrogen) atoms. The number of hydrogen-bond acceptors (Lipinski definition) is 3. The molecule has 0 radical (unpaired) electrons. The van der Waals surface area contributed by atoms with Gasteiger partial charge in [0.15, 0.2) is 0 Å². The van der Waals surface area contributed by atoms with Crippen molar-refractivity contribution in [3.63, 3.8) is 0 Å². The minimum atomic E-state index is 0.891. The van der Waals surface area contributed by atoms with Crippen molar-refractivity contribution < 1.29 is 0 Å². The molecule has 0 N–H and O–H groups in total. The van der Waals surface area contributed by atoms with Crippen LogP contribution in [0.4, 0.5) is 17.1 Å². The number of unbranched alkanes of at least 4 members (excludes halogenated alkanes) is 14. The molecule has 0 bridgehead atoms. The van der Waals surface area contributed by atoms with E-state index in [1.807, 2.05) is 30.3 Å². The van der Waals surface area contributed by atoms with Gasteiger partial charge in [-0.15, -0.1) is 0 Å². The SMILES string of the molecule is CCCCCCCCCCN(CCCCCCCCCC)c1ccc(/N=N/c2ccccc2)cc1. The third-order valence-electron chi connectivity index (χ3n) is 6.82. The maximum absolute atomic E-state index is 4.42. The first-order valence-electron chi connectivity index (χ1n) is 14.6. The minimum absolute atomic E-state index is 0.891. The van der Waals surface area contributed by atoms with Crippen LogP contribution in [0.15, 0.2) is 64.8 Å².